The number of hydrogen-bond acceptors (Lipinski definition) is 6. The summed E-state index contributed by atoms with van der Waals surface area (Å²) >= 11 is 0. The minimum absolute atomic E-state index is 0.0173. The third-order valence-electron chi connectivity index (χ3n) is 5.51. The number of amides is 2. The SMILES string of the molecule is O=C1CC(C(=O)N2CCN(c3ccc([N+](=O)[O-])cc3)CC2)CN1Cc1ccco1. The lowest BCUT2D eigenvalue weighted by Gasteiger charge is -2.37. The first-order valence-corrected chi connectivity index (χ1v) is 9.59. The van der Waals surface area contributed by atoms with Gasteiger partial charge >= 0.3 is 0 Å². The number of nitro benzene ring substituents is 1. The van der Waals surface area contributed by atoms with Crippen molar-refractivity contribution in [3.8, 4) is 0 Å². The van der Waals surface area contributed by atoms with Gasteiger partial charge in [0.2, 0.25) is 11.8 Å². The van der Waals surface area contributed by atoms with E-state index in [4.69, 9.17) is 4.42 Å². The summed E-state index contributed by atoms with van der Waals surface area (Å²) in [5.74, 6) is 0.388. The normalized spacial score (nSPS) is 19.7. The predicted octanol–water partition coefficient (Wildman–Crippen LogP) is 1.89. The molecule has 2 aliphatic rings. The molecule has 3 heterocycles. The molecular weight excluding hydrogens is 376 g/mol. The number of carbonyl (C=O) groups is 2. The van der Waals surface area contributed by atoms with Crippen molar-refractivity contribution in [2.75, 3.05) is 37.6 Å². The second-order valence-corrected chi connectivity index (χ2v) is 7.34. The molecule has 4 rings (SSSR count). The highest BCUT2D eigenvalue weighted by Gasteiger charge is 2.37. The number of anilines is 1. The number of carbonyl (C=O) groups excluding carboxylic acids is 2. The Morgan fingerprint density at radius 2 is 1.86 bits per heavy atom. The van der Waals surface area contributed by atoms with Gasteiger partial charge in [-0.2, -0.15) is 0 Å². The molecule has 0 aliphatic carbocycles. The first-order valence-electron chi connectivity index (χ1n) is 9.59. The number of nitro groups is 1. The van der Waals surface area contributed by atoms with Crippen LogP contribution < -0.4 is 4.90 Å². The lowest BCUT2D eigenvalue weighted by Crippen LogP contribution is -2.50. The molecule has 1 aromatic carbocycles. The summed E-state index contributed by atoms with van der Waals surface area (Å²) in [6.07, 6.45) is 1.81. The molecule has 0 saturated carbocycles. The third kappa shape index (κ3) is 4.08. The maximum absolute atomic E-state index is 12.9. The van der Waals surface area contributed by atoms with Gasteiger partial charge in [0.15, 0.2) is 0 Å². The fourth-order valence-corrected chi connectivity index (χ4v) is 3.91. The molecule has 2 fully saturated rings. The van der Waals surface area contributed by atoms with Crippen LogP contribution in [0.25, 0.3) is 0 Å². The molecule has 29 heavy (non-hydrogen) atoms. The minimum Gasteiger partial charge on any atom is -0.467 e. The zero-order chi connectivity index (χ0) is 20.4. The average Bonchev–Trinajstić information content (AvgIpc) is 3.38. The Kier molecular flexibility index (Phi) is 5.20. The molecule has 0 radical (unpaired) electrons. The highest BCUT2D eigenvalue weighted by Crippen LogP contribution is 2.25. The van der Waals surface area contributed by atoms with Crippen molar-refractivity contribution in [3.63, 3.8) is 0 Å². The summed E-state index contributed by atoms with van der Waals surface area (Å²) in [4.78, 5) is 41.1. The van der Waals surface area contributed by atoms with Crippen molar-refractivity contribution >= 4 is 23.2 Å². The lowest BCUT2D eigenvalue weighted by atomic mass is 10.1. The first-order chi connectivity index (χ1) is 14.0. The van der Waals surface area contributed by atoms with Crippen LogP contribution in [0, 0.1) is 16.0 Å². The predicted molar refractivity (Wildman–Crippen MR) is 104 cm³/mol. The van der Waals surface area contributed by atoms with Crippen molar-refractivity contribution in [2.45, 2.75) is 13.0 Å². The third-order valence-corrected chi connectivity index (χ3v) is 5.51. The van der Waals surface area contributed by atoms with Crippen LogP contribution in [0.3, 0.4) is 0 Å². The zero-order valence-corrected chi connectivity index (χ0v) is 15.9. The van der Waals surface area contributed by atoms with Gasteiger partial charge in [0.05, 0.1) is 23.6 Å². The van der Waals surface area contributed by atoms with Gasteiger partial charge in [-0.25, -0.2) is 0 Å². The van der Waals surface area contributed by atoms with Crippen LogP contribution in [0.1, 0.15) is 12.2 Å². The zero-order valence-electron chi connectivity index (χ0n) is 15.9. The van der Waals surface area contributed by atoms with E-state index in [1.54, 1.807) is 29.4 Å². The number of likely N-dealkylation sites (tertiary alicyclic amines) is 1. The summed E-state index contributed by atoms with van der Waals surface area (Å²) in [7, 11) is 0. The molecule has 1 atom stereocenters. The first kappa shape index (κ1) is 19.0. The number of piperazine rings is 1. The molecular formula is C20H22N4O5. The fraction of sp³-hybridized carbons (Fsp3) is 0.400. The molecule has 2 saturated heterocycles. The Morgan fingerprint density at radius 1 is 1.14 bits per heavy atom. The van der Waals surface area contributed by atoms with Crippen LogP contribution in [0.2, 0.25) is 0 Å². The Hall–Kier alpha value is -3.36. The van der Waals surface area contributed by atoms with E-state index in [9.17, 15) is 19.7 Å². The van der Waals surface area contributed by atoms with Crippen LogP contribution >= 0.6 is 0 Å². The largest absolute Gasteiger partial charge is 0.467 e. The molecule has 2 aromatic rings. The number of hydrogen-bond donors (Lipinski definition) is 0. The monoisotopic (exact) mass is 398 g/mol. The van der Waals surface area contributed by atoms with Crippen molar-refractivity contribution in [2.24, 2.45) is 5.92 Å². The number of nitrogens with zero attached hydrogens (tertiary/aromatic N) is 4. The van der Waals surface area contributed by atoms with Crippen LogP contribution in [-0.4, -0.2) is 59.3 Å². The van der Waals surface area contributed by atoms with Crippen molar-refractivity contribution < 1.29 is 18.9 Å². The topological polar surface area (TPSA) is 100 Å². The van der Waals surface area contributed by atoms with Crippen molar-refractivity contribution in [3.05, 3.63) is 58.5 Å². The van der Waals surface area contributed by atoms with Gasteiger partial charge in [-0.05, 0) is 24.3 Å². The van der Waals surface area contributed by atoms with Gasteiger partial charge in [0, 0.05) is 57.0 Å². The standard InChI is InChI=1S/C20H22N4O5/c25-19-12-15(13-23(19)14-18-2-1-11-29-18)20(26)22-9-7-21(8-10-22)16-3-5-17(6-4-16)24(27)28/h1-6,11,15H,7-10,12-14H2. The van der Waals surface area contributed by atoms with E-state index in [0.29, 0.717) is 45.0 Å². The number of non-ortho nitro benzene ring substituents is 1. The highest BCUT2D eigenvalue weighted by atomic mass is 16.6. The van der Waals surface area contributed by atoms with E-state index < -0.39 is 4.92 Å². The Morgan fingerprint density at radius 3 is 2.48 bits per heavy atom. The summed E-state index contributed by atoms with van der Waals surface area (Å²) in [5.41, 5.74) is 0.968. The van der Waals surface area contributed by atoms with Crippen LogP contribution in [0.5, 0.6) is 0 Å². The van der Waals surface area contributed by atoms with Gasteiger partial charge in [-0.15, -0.1) is 0 Å². The molecule has 2 amide bonds. The van der Waals surface area contributed by atoms with Gasteiger partial charge in [-0.1, -0.05) is 0 Å². The molecule has 2 aliphatic heterocycles. The van der Waals surface area contributed by atoms with Gasteiger partial charge in [0.25, 0.3) is 5.69 Å². The van der Waals surface area contributed by atoms with Crippen molar-refractivity contribution in [1.29, 1.82) is 0 Å². The van der Waals surface area contributed by atoms with Crippen LogP contribution in [0.15, 0.2) is 47.1 Å². The number of rotatable bonds is 5. The van der Waals surface area contributed by atoms with Crippen molar-refractivity contribution in [1.82, 2.24) is 9.80 Å². The quantitative estimate of drug-likeness (QED) is 0.563. The maximum atomic E-state index is 12.9. The molecule has 1 aromatic heterocycles. The molecule has 152 valence electrons. The molecule has 9 nitrogen and oxygen atoms in total. The van der Waals surface area contributed by atoms with Gasteiger partial charge in [-0.3, -0.25) is 19.7 Å². The molecule has 0 spiro atoms. The molecule has 0 N–H and O–H groups in total. The molecule has 0 bridgehead atoms. The molecule has 9 heteroatoms. The summed E-state index contributed by atoms with van der Waals surface area (Å²) in [5, 5.41) is 10.8. The summed E-state index contributed by atoms with van der Waals surface area (Å²) in [6.45, 7) is 3.25. The van der Waals surface area contributed by atoms with Crippen LogP contribution in [0.4, 0.5) is 11.4 Å². The summed E-state index contributed by atoms with van der Waals surface area (Å²) in [6, 6.07) is 10.0. The van der Waals surface area contributed by atoms with E-state index in [0.717, 1.165) is 5.69 Å². The van der Waals surface area contributed by atoms with E-state index in [1.165, 1.54) is 12.1 Å². The number of benzene rings is 1. The maximum Gasteiger partial charge on any atom is 0.269 e. The van der Waals surface area contributed by atoms with E-state index in [1.807, 2.05) is 11.0 Å². The Labute approximate surface area is 167 Å². The second kappa shape index (κ2) is 7.94. The highest BCUT2D eigenvalue weighted by molar-refractivity contribution is 5.89. The Balaban J connectivity index is 1.31. The average molecular weight is 398 g/mol. The van der Waals surface area contributed by atoms with E-state index in [-0.39, 0.29) is 29.8 Å². The number of furan rings is 1. The minimum atomic E-state index is -0.418. The van der Waals surface area contributed by atoms with Gasteiger partial charge in [0.1, 0.15) is 5.76 Å². The van der Waals surface area contributed by atoms with Gasteiger partial charge < -0.3 is 19.1 Å². The fourth-order valence-electron chi connectivity index (χ4n) is 3.91. The lowest BCUT2D eigenvalue weighted by molar-refractivity contribution is -0.384. The van der Waals surface area contributed by atoms with E-state index in [2.05, 4.69) is 4.90 Å². The van der Waals surface area contributed by atoms with E-state index >= 15 is 0 Å². The second-order valence-electron chi connectivity index (χ2n) is 7.34. The van der Waals surface area contributed by atoms with Crippen LogP contribution in [-0.2, 0) is 16.1 Å². The summed E-state index contributed by atoms with van der Waals surface area (Å²) < 4.78 is 5.30. The smallest absolute Gasteiger partial charge is 0.269 e. The molecule has 1 unspecified atom stereocenters. The Bertz CT molecular complexity index is 888.